The number of nitrogens with zero attached hydrogens (tertiary/aromatic N) is 1. The van der Waals surface area contributed by atoms with Crippen molar-refractivity contribution in [1.29, 1.82) is 0 Å². The van der Waals surface area contributed by atoms with E-state index in [9.17, 15) is 13.2 Å². The van der Waals surface area contributed by atoms with E-state index in [0.29, 0.717) is 11.2 Å². The van der Waals surface area contributed by atoms with Crippen molar-refractivity contribution in [3.63, 3.8) is 0 Å². The van der Waals surface area contributed by atoms with Gasteiger partial charge in [0, 0.05) is 6.04 Å². The quantitative estimate of drug-likeness (QED) is 0.783. The predicted molar refractivity (Wildman–Crippen MR) is 87.5 cm³/mol. The first-order valence-corrected chi connectivity index (χ1v) is 9.12. The van der Waals surface area contributed by atoms with Crippen molar-refractivity contribution in [3.8, 4) is 0 Å². The van der Waals surface area contributed by atoms with Gasteiger partial charge in [0.15, 0.2) is 0 Å². The zero-order chi connectivity index (χ0) is 16.9. The van der Waals surface area contributed by atoms with Crippen LogP contribution in [-0.2, 0) is 6.18 Å². The fraction of sp³-hybridized carbons (Fsp3) is 0.737. The molecule has 4 bridgehead atoms. The molecule has 24 heavy (non-hydrogen) atoms. The molecule has 2 nitrogen and oxygen atoms in total. The van der Waals surface area contributed by atoms with Crippen LogP contribution < -0.4 is 5.32 Å². The average molecular weight is 338 g/mol. The van der Waals surface area contributed by atoms with Crippen molar-refractivity contribution in [2.45, 2.75) is 64.1 Å². The van der Waals surface area contributed by atoms with Gasteiger partial charge in [-0.1, -0.05) is 6.07 Å². The van der Waals surface area contributed by atoms with Crippen LogP contribution in [0.4, 0.5) is 19.0 Å². The summed E-state index contributed by atoms with van der Waals surface area (Å²) in [4.78, 5) is 3.74. The van der Waals surface area contributed by atoms with E-state index in [1.807, 2.05) is 0 Å². The number of rotatable bonds is 4. The van der Waals surface area contributed by atoms with Crippen LogP contribution in [0.3, 0.4) is 0 Å². The Hall–Kier alpha value is -1.26. The molecule has 0 aliphatic heterocycles. The minimum Gasteiger partial charge on any atom is -0.368 e. The molecule has 4 aliphatic carbocycles. The van der Waals surface area contributed by atoms with Crippen LogP contribution >= 0.6 is 0 Å². The summed E-state index contributed by atoms with van der Waals surface area (Å²) >= 11 is 0. The first kappa shape index (κ1) is 16.2. The fourth-order valence-corrected chi connectivity index (χ4v) is 6.17. The zero-order valence-electron chi connectivity index (χ0n) is 14.1. The van der Waals surface area contributed by atoms with E-state index in [1.165, 1.54) is 44.6 Å². The summed E-state index contributed by atoms with van der Waals surface area (Å²) < 4.78 is 38.4. The van der Waals surface area contributed by atoms with Gasteiger partial charge in [0.1, 0.15) is 11.5 Å². The Morgan fingerprint density at radius 3 is 2.25 bits per heavy atom. The topological polar surface area (TPSA) is 24.9 Å². The van der Waals surface area contributed by atoms with Gasteiger partial charge in [-0.15, -0.1) is 0 Å². The lowest BCUT2D eigenvalue weighted by atomic mass is 9.48. The van der Waals surface area contributed by atoms with Crippen molar-refractivity contribution >= 4 is 5.82 Å². The number of anilines is 1. The highest BCUT2D eigenvalue weighted by atomic mass is 19.4. The monoisotopic (exact) mass is 338 g/mol. The maximum Gasteiger partial charge on any atom is 0.433 e. The van der Waals surface area contributed by atoms with Crippen LogP contribution in [0.1, 0.15) is 57.6 Å². The second-order valence-electron chi connectivity index (χ2n) is 8.57. The Morgan fingerprint density at radius 2 is 1.71 bits per heavy atom. The van der Waals surface area contributed by atoms with Gasteiger partial charge in [0.25, 0.3) is 0 Å². The molecule has 0 spiro atoms. The summed E-state index contributed by atoms with van der Waals surface area (Å²) in [6.45, 7) is 2.08. The first-order chi connectivity index (χ1) is 11.3. The Kier molecular flexibility index (Phi) is 3.81. The molecule has 1 atom stereocenters. The van der Waals surface area contributed by atoms with Crippen molar-refractivity contribution in [2.75, 3.05) is 5.32 Å². The Balaban J connectivity index is 1.43. The molecule has 0 radical (unpaired) electrons. The number of nitrogens with one attached hydrogen (secondary N) is 1. The molecule has 4 fully saturated rings. The maximum absolute atomic E-state index is 12.8. The number of halogens is 3. The van der Waals surface area contributed by atoms with E-state index < -0.39 is 11.9 Å². The third kappa shape index (κ3) is 3.14. The third-order valence-electron chi connectivity index (χ3n) is 6.34. The lowest BCUT2D eigenvalue weighted by Crippen LogP contribution is -2.47. The van der Waals surface area contributed by atoms with Gasteiger partial charge >= 0.3 is 6.18 Å². The number of hydrogen-bond acceptors (Lipinski definition) is 2. The molecule has 5 rings (SSSR count). The van der Waals surface area contributed by atoms with Crippen molar-refractivity contribution in [2.24, 2.45) is 23.2 Å². The number of aromatic nitrogens is 1. The van der Waals surface area contributed by atoms with Crippen LogP contribution in [0.2, 0.25) is 0 Å². The maximum atomic E-state index is 12.8. The molecule has 1 aromatic heterocycles. The van der Waals surface area contributed by atoms with Gasteiger partial charge < -0.3 is 5.32 Å². The standard InChI is InChI=1S/C19H25F3N2/c1-12(23-17-4-2-3-16(24-17)19(20,21)22)8-18-9-13-5-14(10-18)7-15(6-13)11-18/h2-4,12-15H,5-11H2,1H3,(H,23,24). The molecule has 0 saturated heterocycles. The summed E-state index contributed by atoms with van der Waals surface area (Å²) in [6.07, 6.45) is 4.86. The summed E-state index contributed by atoms with van der Waals surface area (Å²) in [5.41, 5.74) is -0.405. The number of pyridine rings is 1. The molecular formula is C19H25F3N2. The molecule has 1 unspecified atom stereocenters. The molecule has 1 heterocycles. The Bertz CT molecular complexity index is 576. The highest BCUT2D eigenvalue weighted by Gasteiger charge is 2.51. The van der Waals surface area contributed by atoms with E-state index in [2.05, 4.69) is 17.2 Å². The third-order valence-corrected chi connectivity index (χ3v) is 6.34. The van der Waals surface area contributed by atoms with Crippen molar-refractivity contribution in [1.82, 2.24) is 4.98 Å². The van der Waals surface area contributed by atoms with Crippen LogP contribution in [0.5, 0.6) is 0 Å². The predicted octanol–water partition coefficient (Wildman–Crippen LogP) is 5.51. The second-order valence-corrected chi connectivity index (χ2v) is 8.57. The summed E-state index contributed by atoms with van der Waals surface area (Å²) in [5.74, 6) is 3.03. The van der Waals surface area contributed by atoms with E-state index >= 15 is 0 Å². The van der Waals surface area contributed by atoms with Gasteiger partial charge in [-0.05, 0) is 87.2 Å². The minimum absolute atomic E-state index is 0.150. The number of alkyl halides is 3. The van der Waals surface area contributed by atoms with Gasteiger partial charge in [0.2, 0.25) is 0 Å². The van der Waals surface area contributed by atoms with E-state index in [1.54, 1.807) is 6.07 Å². The highest BCUT2D eigenvalue weighted by molar-refractivity contribution is 5.37. The lowest BCUT2D eigenvalue weighted by molar-refractivity contribution is -0.141. The van der Waals surface area contributed by atoms with E-state index in [0.717, 1.165) is 30.2 Å². The molecule has 132 valence electrons. The molecule has 1 N–H and O–H groups in total. The smallest absolute Gasteiger partial charge is 0.368 e. The molecule has 4 aliphatic rings. The van der Waals surface area contributed by atoms with Crippen LogP contribution in [0.25, 0.3) is 0 Å². The van der Waals surface area contributed by atoms with Gasteiger partial charge in [0.05, 0.1) is 0 Å². The second kappa shape index (κ2) is 5.63. The van der Waals surface area contributed by atoms with E-state index in [4.69, 9.17) is 0 Å². The molecule has 0 amide bonds. The molecule has 1 aromatic rings. The number of hydrogen-bond donors (Lipinski definition) is 1. The summed E-state index contributed by atoms with van der Waals surface area (Å²) in [5, 5.41) is 3.22. The fourth-order valence-electron chi connectivity index (χ4n) is 6.17. The van der Waals surface area contributed by atoms with E-state index in [-0.39, 0.29) is 6.04 Å². The largest absolute Gasteiger partial charge is 0.433 e. The Morgan fingerprint density at radius 1 is 1.12 bits per heavy atom. The summed E-state index contributed by atoms with van der Waals surface area (Å²) in [7, 11) is 0. The zero-order valence-corrected chi connectivity index (χ0v) is 14.1. The lowest BCUT2D eigenvalue weighted by Gasteiger charge is -2.57. The van der Waals surface area contributed by atoms with Gasteiger partial charge in [-0.25, -0.2) is 4.98 Å². The molecule has 5 heteroatoms. The normalized spacial score (nSPS) is 35.9. The Labute approximate surface area is 141 Å². The molecule has 4 saturated carbocycles. The average Bonchev–Trinajstić information content (AvgIpc) is 2.44. The van der Waals surface area contributed by atoms with Crippen molar-refractivity contribution in [3.05, 3.63) is 23.9 Å². The van der Waals surface area contributed by atoms with Gasteiger partial charge in [-0.2, -0.15) is 13.2 Å². The van der Waals surface area contributed by atoms with Gasteiger partial charge in [-0.3, -0.25) is 0 Å². The van der Waals surface area contributed by atoms with Crippen LogP contribution in [0.15, 0.2) is 18.2 Å². The van der Waals surface area contributed by atoms with Crippen LogP contribution in [-0.4, -0.2) is 11.0 Å². The SMILES string of the molecule is CC(CC12CC3CC(CC(C3)C1)C2)Nc1cccc(C(F)(F)F)n1. The van der Waals surface area contributed by atoms with Crippen molar-refractivity contribution < 1.29 is 13.2 Å². The minimum atomic E-state index is -4.39. The molecule has 0 aromatic carbocycles. The van der Waals surface area contributed by atoms with Crippen LogP contribution in [0, 0.1) is 23.2 Å². The highest BCUT2D eigenvalue weighted by Crippen LogP contribution is 2.61. The first-order valence-electron chi connectivity index (χ1n) is 9.12. The summed E-state index contributed by atoms with van der Waals surface area (Å²) in [6, 6.07) is 4.23. The molecular weight excluding hydrogens is 313 g/mol.